The molecule has 0 unspecified atom stereocenters. The molecule has 2 aromatic rings. The Morgan fingerprint density at radius 1 is 1.53 bits per heavy atom. The molecule has 0 aliphatic rings. The maximum Gasteiger partial charge on any atom is 0.281 e. The fraction of sp³-hybridized carbons (Fsp3) is 0.111. The van der Waals surface area contributed by atoms with E-state index in [-0.39, 0.29) is 28.0 Å². The summed E-state index contributed by atoms with van der Waals surface area (Å²) < 4.78 is 1.32. The predicted octanol–water partition coefficient (Wildman–Crippen LogP) is 1.63. The van der Waals surface area contributed by atoms with E-state index < -0.39 is 4.92 Å². The first-order valence-corrected chi connectivity index (χ1v) is 4.98. The van der Waals surface area contributed by atoms with Gasteiger partial charge in [0.2, 0.25) is 5.95 Å². The van der Waals surface area contributed by atoms with Crippen LogP contribution in [0, 0.1) is 10.1 Å². The molecule has 17 heavy (non-hydrogen) atoms. The van der Waals surface area contributed by atoms with Crippen LogP contribution in [0.1, 0.15) is 0 Å². The first-order valence-electron chi connectivity index (χ1n) is 4.60. The van der Waals surface area contributed by atoms with Gasteiger partial charge >= 0.3 is 0 Å². The summed E-state index contributed by atoms with van der Waals surface area (Å²) in [4.78, 5) is 14.3. The largest absolute Gasteiger partial charge is 0.368 e. The van der Waals surface area contributed by atoms with Crippen molar-refractivity contribution >= 4 is 23.2 Å². The first kappa shape index (κ1) is 11.3. The summed E-state index contributed by atoms with van der Waals surface area (Å²) in [6.07, 6.45) is 0. The van der Waals surface area contributed by atoms with Crippen molar-refractivity contribution in [3.63, 3.8) is 0 Å². The highest BCUT2D eigenvalue weighted by Gasteiger charge is 2.22. The Kier molecular flexibility index (Phi) is 2.68. The van der Waals surface area contributed by atoms with E-state index in [2.05, 4.69) is 10.1 Å². The minimum absolute atomic E-state index is 0.141. The average Bonchev–Trinajstić information content (AvgIpc) is 2.58. The summed E-state index contributed by atoms with van der Waals surface area (Å²) in [5.41, 5.74) is 5.55. The van der Waals surface area contributed by atoms with E-state index in [9.17, 15) is 10.1 Å². The third kappa shape index (κ3) is 1.92. The molecule has 1 aromatic heterocycles. The average molecular weight is 254 g/mol. The lowest BCUT2D eigenvalue weighted by molar-refractivity contribution is -0.384. The van der Waals surface area contributed by atoms with Crippen LogP contribution < -0.4 is 5.73 Å². The highest BCUT2D eigenvalue weighted by atomic mass is 35.5. The van der Waals surface area contributed by atoms with Crippen LogP contribution in [-0.4, -0.2) is 19.7 Å². The third-order valence-electron chi connectivity index (χ3n) is 2.21. The van der Waals surface area contributed by atoms with Crippen molar-refractivity contribution in [3.8, 4) is 11.4 Å². The topological polar surface area (TPSA) is 99.9 Å². The number of halogens is 1. The summed E-state index contributed by atoms with van der Waals surface area (Å²) in [7, 11) is 1.59. The van der Waals surface area contributed by atoms with Gasteiger partial charge in [-0.3, -0.25) is 10.1 Å². The maximum absolute atomic E-state index is 10.9. The van der Waals surface area contributed by atoms with E-state index in [1.165, 1.54) is 22.9 Å². The van der Waals surface area contributed by atoms with Crippen molar-refractivity contribution in [2.24, 2.45) is 7.05 Å². The second-order valence-corrected chi connectivity index (χ2v) is 3.72. The molecular formula is C9H8ClN5O2. The van der Waals surface area contributed by atoms with Crippen LogP contribution in [0.3, 0.4) is 0 Å². The molecule has 1 aromatic carbocycles. The minimum Gasteiger partial charge on any atom is -0.368 e. The Morgan fingerprint density at radius 3 is 2.76 bits per heavy atom. The van der Waals surface area contributed by atoms with Crippen LogP contribution in [0.2, 0.25) is 5.02 Å². The molecule has 0 aliphatic carbocycles. The minimum atomic E-state index is -0.534. The zero-order valence-electron chi connectivity index (χ0n) is 8.79. The van der Waals surface area contributed by atoms with Gasteiger partial charge in [-0.25, -0.2) is 4.68 Å². The highest BCUT2D eigenvalue weighted by molar-refractivity contribution is 6.33. The Labute approximate surface area is 101 Å². The van der Waals surface area contributed by atoms with Crippen LogP contribution in [0.15, 0.2) is 18.2 Å². The molecule has 0 saturated heterocycles. The van der Waals surface area contributed by atoms with Crippen molar-refractivity contribution in [2.75, 3.05) is 5.73 Å². The van der Waals surface area contributed by atoms with Crippen LogP contribution in [-0.2, 0) is 7.05 Å². The third-order valence-corrected chi connectivity index (χ3v) is 2.52. The van der Waals surface area contributed by atoms with Gasteiger partial charge in [-0.05, 0) is 6.07 Å². The van der Waals surface area contributed by atoms with Gasteiger partial charge in [-0.2, -0.15) is 4.98 Å². The second kappa shape index (κ2) is 4.02. The number of aromatic nitrogens is 3. The van der Waals surface area contributed by atoms with Crippen LogP contribution in [0.5, 0.6) is 0 Å². The van der Waals surface area contributed by atoms with Crippen molar-refractivity contribution in [1.82, 2.24) is 14.8 Å². The van der Waals surface area contributed by atoms with Crippen LogP contribution >= 0.6 is 11.6 Å². The maximum atomic E-state index is 10.9. The zero-order valence-corrected chi connectivity index (χ0v) is 9.55. The van der Waals surface area contributed by atoms with Crippen molar-refractivity contribution in [2.45, 2.75) is 0 Å². The van der Waals surface area contributed by atoms with Crippen molar-refractivity contribution in [3.05, 3.63) is 33.3 Å². The zero-order chi connectivity index (χ0) is 12.6. The standard InChI is InChI=1S/C9H8ClN5O2/c1-14-9(11)12-8(13-14)7-5(10)3-2-4-6(7)15(16)17/h2-4H,1H3,(H2,11,12,13). The summed E-state index contributed by atoms with van der Waals surface area (Å²) in [5.74, 6) is 0.302. The molecule has 0 bridgehead atoms. The normalized spacial score (nSPS) is 10.5. The molecular weight excluding hydrogens is 246 g/mol. The number of aryl methyl sites for hydroxylation is 1. The van der Waals surface area contributed by atoms with Gasteiger partial charge in [0.25, 0.3) is 5.69 Å². The van der Waals surface area contributed by atoms with Gasteiger partial charge in [-0.1, -0.05) is 17.7 Å². The Bertz CT molecular complexity index is 576. The summed E-state index contributed by atoms with van der Waals surface area (Å²) in [5, 5.41) is 15.1. The van der Waals surface area contributed by atoms with Crippen LogP contribution in [0.4, 0.5) is 11.6 Å². The lowest BCUT2D eigenvalue weighted by atomic mass is 10.1. The number of hydrogen-bond acceptors (Lipinski definition) is 5. The molecule has 2 N–H and O–H groups in total. The number of benzene rings is 1. The molecule has 88 valence electrons. The Morgan fingerprint density at radius 2 is 2.24 bits per heavy atom. The summed E-state index contributed by atoms with van der Waals surface area (Å²) >= 11 is 5.94. The summed E-state index contributed by atoms with van der Waals surface area (Å²) in [6.45, 7) is 0. The second-order valence-electron chi connectivity index (χ2n) is 3.31. The molecule has 0 aliphatic heterocycles. The van der Waals surface area contributed by atoms with Crippen LogP contribution in [0.25, 0.3) is 11.4 Å². The lowest BCUT2D eigenvalue weighted by Gasteiger charge is -2.00. The number of anilines is 1. The van der Waals surface area contributed by atoms with E-state index in [0.717, 1.165) is 0 Å². The number of nitro benzene ring substituents is 1. The predicted molar refractivity (Wildman–Crippen MR) is 62.5 cm³/mol. The van der Waals surface area contributed by atoms with Gasteiger partial charge in [0, 0.05) is 13.1 Å². The number of nitrogen functional groups attached to an aromatic ring is 1. The molecule has 0 spiro atoms. The van der Waals surface area contributed by atoms with E-state index in [0.29, 0.717) is 0 Å². The van der Waals surface area contributed by atoms with E-state index in [1.807, 2.05) is 0 Å². The van der Waals surface area contributed by atoms with Gasteiger partial charge in [0.1, 0.15) is 5.56 Å². The number of nitro groups is 1. The molecule has 0 fully saturated rings. The fourth-order valence-corrected chi connectivity index (χ4v) is 1.64. The van der Waals surface area contributed by atoms with Crippen molar-refractivity contribution < 1.29 is 4.92 Å². The Hall–Kier alpha value is -2.15. The SMILES string of the molecule is Cn1nc(-c2c(Cl)cccc2[N+](=O)[O-])nc1N. The van der Waals surface area contributed by atoms with E-state index in [1.54, 1.807) is 7.05 Å². The Balaban J connectivity index is 2.69. The first-order chi connectivity index (χ1) is 8.00. The summed E-state index contributed by atoms with van der Waals surface area (Å²) in [6, 6.07) is 4.38. The molecule has 0 radical (unpaired) electrons. The van der Waals surface area contributed by atoms with E-state index in [4.69, 9.17) is 17.3 Å². The van der Waals surface area contributed by atoms with Gasteiger partial charge in [0.15, 0.2) is 5.82 Å². The smallest absolute Gasteiger partial charge is 0.281 e. The molecule has 0 saturated carbocycles. The van der Waals surface area contributed by atoms with Gasteiger partial charge in [0.05, 0.1) is 9.95 Å². The van der Waals surface area contributed by atoms with E-state index >= 15 is 0 Å². The molecule has 7 nitrogen and oxygen atoms in total. The van der Waals surface area contributed by atoms with Gasteiger partial charge in [-0.15, -0.1) is 5.10 Å². The fourth-order valence-electron chi connectivity index (χ4n) is 1.39. The molecule has 1 heterocycles. The monoisotopic (exact) mass is 253 g/mol. The number of rotatable bonds is 2. The molecule has 0 amide bonds. The van der Waals surface area contributed by atoms with Crippen molar-refractivity contribution in [1.29, 1.82) is 0 Å². The molecule has 2 rings (SSSR count). The lowest BCUT2D eigenvalue weighted by Crippen LogP contribution is -1.97. The molecule has 0 atom stereocenters. The molecule has 8 heteroatoms. The quantitative estimate of drug-likeness (QED) is 0.647. The number of nitrogens with two attached hydrogens (primary N) is 1. The highest BCUT2D eigenvalue weighted by Crippen LogP contribution is 2.34. The number of nitrogens with zero attached hydrogens (tertiary/aromatic N) is 4. The van der Waals surface area contributed by atoms with Gasteiger partial charge < -0.3 is 5.73 Å². The number of hydrogen-bond donors (Lipinski definition) is 1.